The topological polar surface area (TPSA) is 104 Å². The largest absolute Gasteiger partial charge is 0.349 e. The molecule has 29 heavy (non-hydrogen) atoms. The van der Waals surface area contributed by atoms with E-state index in [2.05, 4.69) is 26.1 Å². The van der Waals surface area contributed by atoms with E-state index in [-0.39, 0.29) is 17.6 Å². The molecule has 2 aliphatic rings. The van der Waals surface area contributed by atoms with Gasteiger partial charge in [-0.3, -0.25) is 25.2 Å². The van der Waals surface area contributed by atoms with E-state index in [1.807, 2.05) is 18.2 Å². The lowest BCUT2D eigenvalue weighted by Crippen LogP contribution is -2.45. The first-order valence-electron chi connectivity index (χ1n) is 10.1. The molecular formula is C21H24N6O2. The molecule has 1 aliphatic heterocycles. The fourth-order valence-electron chi connectivity index (χ4n) is 4.51. The lowest BCUT2D eigenvalue weighted by Gasteiger charge is -2.31. The number of carbonyl (C=O) groups excluding carboxylic acids is 1. The molecule has 150 valence electrons. The summed E-state index contributed by atoms with van der Waals surface area (Å²) in [5.41, 5.74) is 9.27. The summed E-state index contributed by atoms with van der Waals surface area (Å²) in [5, 5.41) is 3.16. The predicted molar refractivity (Wildman–Crippen MR) is 109 cm³/mol. The number of amides is 1. The molecule has 0 spiro atoms. The molecule has 8 heteroatoms. The van der Waals surface area contributed by atoms with Gasteiger partial charge in [0.15, 0.2) is 0 Å². The molecule has 5 rings (SSSR count). The summed E-state index contributed by atoms with van der Waals surface area (Å²) in [6.07, 6.45) is 6.49. The fourth-order valence-corrected chi connectivity index (χ4v) is 4.51. The van der Waals surface area contributed by atoms with E-state index in [0.717, 1.165) is 36.9 Å². The summed E-state index contributed by atoms with van der Waals surface area (Å²) >= 11 is 0. The number of hydrogen-bond donors (Lipinski definition) is 4. The van der Waals surface area contributed by atoms with Crippen molar-refractivity contribution in [1.29, 1.82) is 0 Å². The maximum atomic E-state index is 12.8. The summed E-state index contributed by atoms with van der Waals surface area (Å²) < 4.78 is 1.66. The molecule has 3 unspecified atom stereocenters. The third-order valence-electron chi connectivity index (χ3n) is 6.08. The number of rotatable bonds is 4. The Hall–Kier alpha value is -2.97. The van der Waals surface area contributed by atoms with E-state index >= 15 is 0 Å². The number of carbonyl (C=O) groups is 1. The number of hydrazine groups is 1. The quantitative estimate of drug-likeness (QED) is 0.533. The molecule has 1 aliphatic carbocycles. The molecule has 1 saturated carbocycles. The Morgan fingerprint density at radius 1 is 1.28 bits per heavy atom. The van der Waals surface area contributed by atoms with E-state index < -0.39 is 0 Å². The van der Waals surface area contributed by atoms with Gasteiger partial charge in [0.1, 0.15) is 0 Å². The van der Waals surface area contributed by atoms with Crippen molar-refractivity contribution in [3.8, 4) is 0 Å². The van der Waals surface area contributed by atoms with Crippen molar-refractivity contribution < 1.29 is 4.79 Å². The molecular weight excluding hydrogens is 368 g/mol. The number of nitrogens with zero attached hydrogens (tertiary/aromatic N) is 2. The van der Waals surface area contributed by atoms with Gasteiger partial charge in [0.2, 0.25) is 0 Å². The van der Waals surface area contributed by atoms with Crippen LogP contribution in [0.2, 0.25) is 0 Å². The second-order valence-corrected chi connectivity index (χ2v) is 7.98. The van der Waals surface area contributed by atoms with E-state index in [1.165, 1.54) is 0 Å². The smallest absolute Gasteiger partial charge is 0.326 e. The van der Waals surface area contributed by atoms with Crippen LogP contribution in [0.1, 0.15) is 35.2 Å². The molecule has 0 bridgehead atoms. The molecule has 2 fully saturated rings. The number of benzene rings is 1. The Labute approximate surface area is 167 Å². The van der Waals surface area contributed by atoms with Crippen LogP contribution >= 0.6 is 0 Å². The van der Waals surface area contributed by atoms with Gasteiger partial charge in [-0.05, 0) is 55.0 Å². The van der Waals surface area contributed by atoms with Crippen LogP contribution in [-0.4, -0.2) is 39.1 Å². The maximum Gasteiger partial charge on any atom is 0.326 e. The minimum absolute atomic E-state index is 0.0952. The zero-order chi connectivity index (χ0) is 19.8. The number of aromatic nitrogens is 3. The van der Waals surface area contributed by atoms with Crippen molar-refractivity contribution >= 4 is 16.9 Å². The zero-order valence-electron chi connectivity index (χ0n) is 16.0. The number of imidazole rings is 1. The Morgan fingerprint density at radius 3 is 3.07 bits per heavy atom. The van der Waals surface area contributed by atoms with Crippen molar-refractivity contribution in [2.24, 2.45) is 5.92 Å². The number of fused-ring (bicyclic) bond motifs is 2. The molecule has 0 radical (unpaired) electrons. The lowest BCUT2D eigenvalue weighted by atomic mass is 9.83. The molecule has 1 saturated heterocycles. The summed E-state index contributed by atoms with van der Waals surface area (Å²) in [7, 11) is 0. The third kappa shape index (κ3) is 3.56. The van der Waals surface area contributed by atoms with E-state index in [0.29, 0.717) is 29.6 Å². The average molecular weight is 392 g/mol. The van der Waals surface area contributed by atoms with Crippen LogP contribution in [0.15, 0.2) is 47.5 Å². The highest BCUT2D eigenvalue weighted by atomic mass is 16.2. The highest BCUT2D eigenvalue weighted by molar-refractivity contribution is 5.97. The van der Waals surface area contributed by atoms with Crippen molar-refractivity contribution in [3.63, 3.8) is 0 Å². The van der Waals surface area contributed by atoms with E-state index in [1.54, 1.807) is 29.1 Å². The van der Waals surface area contributed by atoms with Gasteiger partial charge in [-0.2, -0.15) is 0 Å². The van der Waals surface area contributed by atoms with Gasteiger partial charge in [-0.15, -0.1) is 0 Å². The number of pyridine rings is 1. The van der Waals surface area contributed by atoms with Gasteiger partial charge in [-0.25, -0.2) is 4.79 Å². The van der Waals surface area contributed by atoms with E-state index in [4.69, 9.17) is 0 Å². The first-order chi connectivity index (χ1) is 14.2. The van der Waals surface area contributed by atoms with Crippen molar-refractivity contribution in [3.05, 3.63) is 64.3 Å². The summed E-state index contributed by atoms with van der Waals surface area (Å²) in [6.45, 7) is 1.44. The highest BCUT2D eigenvalue weighted by Gasteiger charge is 2.34. The third-order valence-corrected chi connectivity index (χ3v) is 6.08. The normalized spacial score (nSPS) is 23.8. The molecule has 4 N–H and O–H groups in total. The fraction of sp³-hybridized carbons (Fsp3) is 0.381. The minimum atomic E-state index is -0.195. The van der Waals surface area contributed by atoms with Crippen molar-refractivity contribution in [2.75, 3.05) is 6.54 Å². The van der Waals surface area contributed by atoms with Gasteiger partial charge in [0.05, 0.1) is 17.6 Å². The van der Waals surface area contributed by atoms with Crippen LogP contribution in [0.4, 0.5) is 0 Å². The zero-order valence-corrected chi connectivity index (χ0v) is 16.0. The Kier molecular flexibility index (Phi) is 4.65. The minimum Gasteiger partial charge on any atom is -0.349 e. The predicted octanol–water partition coefficient (Wildman–Crippen LogP) is 1.15. The number of aromatic amines is 1. The average Bonchev–Trinajstić information content (AvgIpc) is 3.32. The monoisotopic (exact) mass is 392 g/mol. The van der Waals surface area contributed by atoms with Gasteiger partial charge in [-0.1, -0.05) is 6.07 Å². The first kappa shape index (κ1) is 18.1. The van der Waals surface area contributed by atoms with Gasteiger partial charge in [0.25, 0.3) is 5.91 Å². The maximum absolute atomic E-state index is 12.8. The molecule has 2 aromatic heterocycles. The van der Waals surface area contributed by atoms with Crippen LogP contribution in [0, 0.1) is 5.92 Å². The Morgan fingerprint density at radius 2 is 2.21 bits per heavy atom. The highest BCUT2D eigenvalue weighted by Crippen LogP contribution is 2.27. The van der Waals surface area contributed by atoms with E-state index in [9.17, 15) is 9.59 Å². The molecule has 8 nitrogen and oxygen atoms in total. The summed E-state index contributed by atoms with van der Waals surface area (Å²) in [4.78, 5) is 32.2. The van der Waals surface area contributed by atoms with Crippen LogP contribution in [0.25, 0.3) is 11.0 Å². The van der Waals surface area contributed by atoms with Gasteiger partial charge in [0, 0.05) is 36.6 Å². The van der Waals surface area contributed by atoms with Crippen LogP contribution in [0.3, 0.4) is 0 Å². The molecule has 3 aromatic rings. The van der Waals surface area contributed by atoms with Crippen molar-refractivity contribution in [1.82, 2.24) is 30.7 Å². The second kappa shape index (κ2) is 7.46. The van der Waals surface area contributed by atoms with Gasteiger partial charge >= 0.3 is 5.69 Å². The summed E-state index contributed by atoms with van der Waals surface area (Å²) in [5.74, 6) is 0.561. The molecule has 3 atom stereocenters. The first-order valence-corrected chi connectivity index (χ1v) is 10.1. The molecule has 1 aromatic carbocycles. The lowest BCUT2D eigenvalue weighted by molar-refractivity contribution is 0.0919. The van der Waals surface area contributed by atoms with Crippen molar-refractivity contribution in [2.45, 2.75) is 37.9 Å². The van der Waals surface area contributed by atoms with Crippen LogP contribution in [0.5, 0.6) is 0 Å². The number of H-pyrrole nitrogens is 1. The SMILES string of the molecule is O=C(NC1CCC2CNNC2C1)c1ccc2c(c1)[nH]c(=O)n2Cc1cccnc1. The molecule has 1 amide bonds. The Bertz CT molecular complexity index is 1090. The molecule has 3 heterocycles. The summed E-state index contributed by atoms with van der Waals surface area (Å²) in [6, 6.07) is 9.75. The Balaban J connectivity index is 1.33. The van der Waals surface area contributed by atoms with Crippen LogP contribution < -0.4 is 21.9 Å². The van der Waals surface area contributed by atoms with Gasteiger partial charge < -0.3 is 10.3 Å². The number of hydrogen-bond acceptors (Lipinski definition) is 5. The second-order valence-electron chi connectivity index (χ2n) is 7.98. The van der Waals surface area contributed by atoms with Crippen LogP contribution in [-0.2, 0) is 6.54 Å². The standard InChI is InChI=1S/C21H24N6O2/c28-20(24-16-5-3-15-11-23-26-17(15)9-16)14-4-6-19-18(8-14)25-21(29)27(19)12-13-2-1-7-22-10-13/h1-2,4,6-8,10,15-17,23,26H,3,5,9,11-12H2,(H,24,28)(H,25,29). The number of nitrogens with one attached hydrogen (secondary N) is 4.